The molecular formula is C14H19N5O2S. The van der Waals surface area contributed by atoms with Gasteiger partial charge in [0.1, 0.15) is 0 Å². The van der Waals surface area contributed by atoms with Crippen LogP contribution in [0.1, 0.15) is 12.1 Å². The molecule has 8 heteroatoms. The minimum Gasteiger partial charge on any atom is -0.354 e. The van der Waals surface area contributed by atoms with Crippen LogP contribution in [0.3, 0.4) is 0 Å². The van der Waals surface area contributed by atoms with Gasteiger partial charge in [-0.1, -0.05) is 0 Å². The predicted molar refractivity (Wildman–Crippen MR) is 84.2 cm³/mol. The van der Waals surface area contributed by atoms with Gasteiger partial charge in [0.25, 0.3) is 0 Å². The Morgan fingerprint density at radius 2 is 2.27 bits per heavy atom. The van der Waals surface area contributed by atoms with Gasteiger partial charge < -0.3 is 5.32 Å². The largest absolute Gasteiger partial charge is 0.354 e. The van der Waals surface area contributed by atoms with Crippen LogP contribution in [-0.2, 0) is 16.9 Å². The van der Waals surface area contributed by atoms with Crippen LogP contribution in [-0.4, -0.2) is 46.2 Å². The van der Waals surface area contributed by atoms with Gasteiger partial charge in [0.05, 0.1) is 22.9 Å². The molecule has 1 aliphatic heterocycles. The lowest BCUT2D eigenvalue weighted by Gasteiger charge is -2.10. The molecule has 0 aliphatic carbocycles. The molecule has 2 aromatic heterocycles. The molecule has 0 spiro atoms. The number of nitrogens with zero attached hydrogens (tertiary/aromatic N) is 4. The van der Waals surface area contributed by atoms with Gasteiger partial charge in [-0.15, -0.1) is 0 Å². The summed E-state index contributed by atoms with van der Waals surface area (Å²) in [6.07, 6.45) is 4.32. The van der Waals surface area contributed by atoms with Crippen LogP contribution in [0.25, 0.3) is 11.3 Å². The number of hydrogen-bond acceptors (Lipinski definition) is 6. The van der Waals surface area contributed by atoms with Crippen molar-refractivity contribution < 1.29 is 8.42 Å². The Hall–Kier alpha value is -1.96. The number of aryl methyl sites for hydroxylation is 2. The Labute approximate surface area is 129 Å². The van der Waals surface area contributed by atoms with Crippen molar-refractivity contribution in [1.82, 2.24) is 19.7 Å². The van der Waals surface area contributed by atoms with Crippen molar-refractivity contribution in [3.05, 3.63) is 24.2 Å². The van der Waals surface area contributed by atoms with Crippen LogP contribution >= 0.6 is 0 Å². The molecule has 1 N–H and O–H groups in total. The van der Waals surface area contributed by atoms with Crippen molar-refractivity contribution in [2.45, 2.75) is 13.3 Å². The van der Waals surface area contributed by atoms with Crippen molar-refractivity contribution in [2.24, 2.45) is 13.0 Å². The molecule has 7 nitrogen and oxygen atoms in total. The molecule has 22 heavy (non-hydrogen) atoms. The third-order valence-corrected chi connectivity index (χ3v) is 5.66. The van der Waals surface area contributed by atoms with E-state index in [0.29, 0.717) is 18.9 Å². The molecule has 3 heterocycles. The first-order valence-electron chi connectivity index (χ1n) is 7.21. The highest BCUT2D eigenvalue weighted by Gasteiger charge is 2.27. The normalized spacial score (nSPS) is 20.2. The molecule has 1 saturated heterocycles. The molecule has 0 bridgehead atoms. The van der Waals surface area contributed by atoms with Crippen molar-refractivity contribution in [1.29, 1.82) is 0 Å². The highest BCUT2D eigenvalue weighted by Crippen LogP contribution is 2.21. The molecule has 0 saturated carbocycles. The number of hydrogen-bond donors (Lipinski definition) is 1. The summed E-state index contributed by atoms with van der Waals surface area (Å²) < 4.78 is 24.7. The molecule has 118 valence electrons. The summed E-state index contributed by atoms with van der Waals surface area (Å²) in [5.74, 6) is 1.19. The molecular weight excluding hydrogens is 302 g/mol. The molecule has 2 aromatic rings. The number of anilines is 1. The highest BCUT2D eigenvalue weighted by molar-refractivity contribution is 7.91. The zero-order valence-corrected chi connectivity index (χ0v) is 13.5. The predicted octanol–water partition coefficient (Wildman–Crippen LogP) is 1.03. The summed E-state index contributed by atoms with van der Waals surface area (Å²) in [7, 11) is -0.973. The smallest absolute Gasteiger partial charge is 0.223 e. The summed E-state index contributed by atoms with van der Waals surface area (Å²) in [6, 6.07) is 1.84. The zero-order valence-electron chi connectivity index (χ0n) is 12.7. The van der Waals surface area contributed by atoms with E-state index >= 15 is 0 Å². The van der Waals surface area contributed by atoms with E-state index in [1.54, 1.807) is 10.9 Å². The van der Waals surface area contributed by atoms with E-state index < -0.39 is 9.84 Å². The van der Waals surface area contributed by atoms with Crippen molar-refractivity contribution in [3.63, 3.8) is 0 Å². The Morgan fingerprint density at radius 3 is 2.91 bits per heavy atom. The van der Waals surface area contributed by atoms with Crippen molar-refractivity contribution >= 4 is 15.8 Å². The van der Waals surface area contributed by atoms with Gasteiger partial charge in [0, 0.05) is 31.5 Å². The Balaban J connectivity index is 1.71. The summed E-state index contributed by atoms with van der Waals surface area (Å²) in [4.78, 5) is 8.69. The maximum Gasteiger partial charge on any atom is 0.223 e. The third kappa shape index (κ3) is 3.27. The van der Waals surface area contributed by atoms with E-state index in [1.165, 1.54) is 0 Å². The lowest BCUT2D eigenvalue weighted by molar-refractivity contribution is 0.595. The summed E-state index contributed by atoms with van der Waals surface area (Å²) >= 11 is 0. The second-order valence-electron chi connectivity index (χ2n) is 5.72. The Bertz CT molecular complexity index is 784. The average Bonchev–Trinajstić information content (AvgIpc) is 2.98. The van der Waals surface area contributed by atoms with E-state index in [4.69, 9.17) is 0 Å². The average molecular weight is 321 g/mol. The van der Waals surface area contributed by atoms with E-state index in [1.807, 2.05) is 26.2 Å². The maximum absolute atomic E-state index is 11.5. The Morgan fingerprint density at radius 1 is 1.45 bits per heavy atom. The molecule has 1 aliphatic rings. The second kappa shape index (κ2) is 5.68. The molecule has 3 rings (SSSR count). The fourth-order valence-corrected chi connectivity index (χ4v) is 4.58. The fourth-order valence-electron chi connectivity index (χ4n) is 2.71. The van der Waals surface area contributed by atoms with Crippen LogP contribution in [0.5, 0.6) is 0 Å². The van der Waals surface area contributed by atoms with Gasteiger partial charge in [-0.3, -0.25) is 4.68 Å². The SMILES string of the molecule is Cc1nn(C)cc1-c1ccnc(NC[C@@H]2CCS(=O)(=O)C2)n1. The lowest BCUT2D eigenvalue weighted by atomic mass is 10.1. The van der Waals surface area contributed by atoms with E-state index in [-0.39, 0.29) is 17.4 Å². The van der Waals surface area contributed by atoms with E-state index in [0.717, 1.165) is 17.0 Å². The molecule has 0 aromatic carbocycles. The molecule has 0 unspecified atom stereocenters. The first kappa shape index (κ1) is 15.0. The van der Waals surface area contributed by atoms with E-state index in [2.05, 4.69) is 20.4 Å². The van der Waals surface area contributed by atoms with Gasteiger partial charge in [0.2, 0.25) is 5.95 Å². The van der Waals surface area contributed by atoms with Crippen molar-refractivity contribution in [3.8, 4) is 11.3 Å². The van der Waals surface area contributed by atoms with Gasteiger partial charge in [-0.2, -0.15) is 5.10 Å². The van der Waals surface area contributed by atoms with E-state index in [9.17, 15) is 8.42 Å². The first-order valence-corrected chi connectivity index (χ1v) is 9.03. The molecule has 1 fully saturated rings. The monoisotopic (exact) mass is 321 g/mol. The van der Waals surface area contributed by atoms with Gasteiger partial charge in [-0.25, -0.2) is 18.4 Å². The maximum atomic E-state index is 11.5. The van der Waals surface area contributed by atoms with Gasteiger partial charge in [-0.05, 0) is 25.3 Å². The third-order valence-electron chi connectivity index (χ3n) is 3.82. The quantitative estimate of drug-likeness (QED) is 0.904. The van der Waals surface area contributed by atoms with Crippen LogP contribution < -0.4 is 5.32 Å². The topological polar surface area (TPSA) is 89.8 Å². The second-order valence-corrected chi connectivity index (χ2v) is 7.95. The minimum absolute atomic E-state index is 0.136. The van der Waals surface area contributed by atoms with Crippen LogP contribution in [0.15, 0.2) is 18.5 Å². The summed E-state index contributed by atoms with van der Waals surface area (Å²) in [5, 5.41) is 7.46. The summed E-state index contributed by atoms with van der Waals surface area (Å²) in [5.41, 5.74) is 2.69. The standard InChI is InChI=1S/C14H19N5O2S/c1-10-12(8-19(2)18-10)13-3-5-15-14(17-13)16-7-11-4-6-22(20,21)9-11/h3,5,8,11H,4,6-7,9H2,1-2H3,(H,15,16,17)/t11-/m0/s1. The molecule has 1 atom stereocenters. The number of rotatable bonds is 4. The van der Waals surface area contributed by atoms with Crippen LogP contribution in [0.2, 0.25) is 0 Å². The van der Waals surface area contributed by atoms with Crippen LogP contribution in [0, 0.1) is 12.8 Å². The highest BCUT2D eigenvalue weighted by atomic mass is 32.2. The van der Waals surface area contributed by atoms with Gasteiger partial charge >= 0.3 is 0 Å². The number of sulfone groups is 1. The lowest BCUT2D eigenvalue weighted by Crippen LogP contribution is -2.17. The van der Waals surface area contributed by atoms with Crippen molar-refractivity contribution in [2.75, 3.05) is 23.4 Å². The molecule has 0 amide bonds. The molecule has 0 radical (unpaired) electrons. The number of nitrogens with one attached hydrogen (secondary N) is 1. The fraction of sp³-hybridized carbons (Fsp3) is 0.500. The minimum atomic E-state index is -2.85. The summed E-state index contributed by atoms with van der Waals surface area (Å²) in [6.45, 7) is 2.52. The Kier molecular flexibility index (Phi) is 3.86. The van der Waals surface area contributed by atoms with Crippen LogP contribution in [0.4, 0.5) is 5.95 Å². The van der Waals surface area contributed by atoms with Gasteiger partial charge in [0.15, 0.2) is 9.84 Å². The zero-order chi connectivity index (χ0) is 15.7. The first-order chi connectivity index (χ1) is 10.4. The number of aromatic nitrogens is 4.